The SMILES string of the molecule is Cc1cc(Br)c(F)cc1NCc1cncs1. The minimum atomic E-state index is -0.252. The summed E-state index contributed by atoms with van der Waals surface area (Å²) in [6.07, 6.45) is 1.81. The Hall–Kier alpha value is -0.940. The largest absolute Gasteiger partial charge is 0.380 e. The summed E-state index contributed by atoms with van der Waals surface area (Å²) in [6.45, 7) is 2.62. The Balaban J connectivity index is 2.12. The molecule has 0 radical (unpaired) electrons. The molecule has 0 atom stereocenters. The summed E-state index contributed by atoms with van der Waals surface area (Å²) in [5, 5.41) is 3.19. The van der Waals surface area contributed by atoms with E-state index in [9.17, 15) is 4.39 Å². The van der Waals surface area contributed by atoms with Crippen LogP contribution in [0.4, 0.5) is 10.1 Å². The number of hydrogen-bond donors (Lipinski definition) is 1. The lowest BCUT2D eigenvalue weighted by Gasteiger charge is -2.09. The normalized spacial score (nSPS) is 10.4. The highest BCUT2D eigenvalue weighted by atomic mass is 79.9. The Bertz CT molecular complexity index is 485. The lowest BCUT2D eigenvalue weighted by atomic mass is 10.2. The quantitative estimate of drug-likeness (QED) is 0.928. The number of anilines is 1. The van der Waals surface area contributed by atoms with Crippen molar-refractivity contribution in [1.29, 1.82) is 0 Å². The molecule has 1 aromatic heterocycles. The van der Waals surface area contributed by atoms with E-state index < -0.39 is 0 Å². The van der Waals surface area contributed by atoms with Crippen LogP contribution in [0, 0.1) is 12.7 Å². The fourth-order valence-electron chi connectivity index (χ4n) is 1.35. The average Bonchev–Trinajstić information content (AvgIpc) is 2.74. The average molecular weight is 301 g/mol. The van der Waals surface area contributed by atoms with Crippen LogP contribution in [0.1, 0.15) is 10.4 Å². The zero-order chi connectivity index (χ0) is 11.5. The van der Waals surface area contributed by atoms with E-state index in [-0.39, 0.29) is 5.82 Å². The van der Waals surface area contributed by atoms with Crippen molar-refractivity contribution in [3.8, 4) is 0 Å². The number of nitrogens with one attached hydrogen (secondary N) is 1. The maximum atomic E-state index is 13.3. The number of rotatable bonds is 3. The van der Waals surface area contributed by atoms with Gasteiger partial charge in [0, 0.05) is 16.8 Å². The van der Waals surface area contributed by atoms with E-state index in [1.807, 2.05) is 13.1 Å². The van der Waals surface area contributed by atoms with E-state index in [1.54, 1.807) is 22.9 Å². The van der Waals surface area contributed by atoms with E-state index in [1.165, 1.54) is 6.07 Å². The highest BCUT2D eigenvalue weighted by Crippen LogP contribution is 2.24. The fraction of sp³-hybridized carbons (Fsp3) is 0.182. The summed E-state index contributed by atoms with van der Waals surface area (Å²) in [7, 11) is 0. The molecule has 0 saturated heterocycles. The third-order valence-corrected chi connectivity index (χ3v) is 3.59. The molecule has 0 amide bonds. The molecule has 0 aliphatic rings. The molecule has 0 saturated carbocycles. The molecular weight excluding hydrogens is 291 g/mol. The third-order valence-electron chi connectivity index (χ3n) is 2.20. The van der Waals surface area contributed by atoms with Crippen molar-refractivity contribution < 1.29 is 4.39 Å². The smallest absolute Gasteiger partial charge is 0.139 e. The van der Waals surface area contributed by atoms with E-state index >= 15 is 0 Å². The Morgan fingerprint density at radius 2 is 2.31 bits per heavy atom. The molecule has 0 spiro atoms. The van der Waals surface area contributed by atoms with E-state index in [0.29, 0.717) is 11.0 Å². The molecule has 0 bridgehead atoms. The van der Waals surface area contributed by atoms with Crippen LogP contribution in [0.25, 0.3) is 0 Å². The minimum absolute atomic E-state index is 0.252. The second kappa shape index (κ2) is 4.93. The third kappa shape index (κ3) is 2.59. The first-order valence-corrected chi connectivity index (χ1v) is 6.41. The van der Waals surface area contributed by atoms with Gasteiger partial charge in [-0.25, -0.2) is 4.39 Å². The van der Waals surface area contributed by atoms with Gasteiger partial charge in [0.05, 0.1) is 16.5 Å². The molecule has 0 aliphatic carbocycles. The molecule has 2 aromatic rings. The van der Waals surface area contributed by atoms with E-state index in [2.05, 4.69) is 26.2 Å². The number of nitrogens with zero attached hydrogens (tertiary/aromatic N) is 1. The summed E-state index contributed by atoms with van der Waals surface area (Å²) in [5.74, 6) is -0.252. The maximum Gasteiger partial charge on any atom is 0.139 e. The Morgan fingerprint density at radius 1 is 1.50 bits per heavy atom. The summed E-state index contributed by atoms with van der Waals surface area (Å²) < 4.78 is 13.8. The van der Waals surface area contributed by atoms with Gasteiger partial charge in [-0.05, 0) is 40.5 Å². The summed E-state index contributed by atoms with van der Waals surface area (Å²) >= 11 is 4.74. The zero-order valence-electron chi connectivity index (χ0n) is 8.63. The second-order valence-electron chi connectivity index (χ2n) is 3.40. The first-order chi connectivity index (χ1) is 7.66. The molecule has 2 rings (SSSR count). The van der Waals surface area contributed by atoms with Gasteiger partial charge in [0.1, 0.15) is 5.82 Å². The first kappa shape index (κ1) is 11.5. The first-order valence-electron chi connectivity index (χ1n) is 4.73. The van der Waals surface area contributed by atoms with Crippen molar-refractivity contribution in [2.75, 3.05) is 5.32 Å². The topological polar surface area (TPSA) is 24.9 Å². The van der Waals surface area contributed by atoms with Crippen LogP contribution in [0.5, 0.6) is 0 Å². The highest BCUT2D eigenvalue weighted by molar-refractivity contribution is 9.10. The van der Waals surface area contributed by atoms with Crippen LogP contribution in [0.3, 0.4) is 0 Å². The Kier molecular flexibility index (Phi) is 3.56. The minimum Gasteiger partial charge on any atom is -0.380 e. The molecular formula is C11H10BrFN2S. The van der Waals surface area contributed by atoms with Crippen LogP contribution >= 0.6 is 27.3 Å². The van der Waals surface area contributed by atoms with Crippen LogP contribution in [-0.4, -0.2) is 4.98 Å². The van der Waals surface area contributed by atoms with Crippen molar-refractivity contribution in [1.82, 2.24) is 4.98 Å². The molecule has 0 fully saturated rings. The molecule has 0 aliphatic heterocycles. The van der Waals surface area contributed by atoms with Crippen molar-refractivity contribution >= 4 is 33.0 Å². The van der Waals surface area contributed by atoms with Gasteiger partial charge in [-0.15, -0.1) is 11.3 Å². The number of benzene rings is 1. The molecule has 1 aromatic carbocycles. The van der Waals surface area contributed by atoms with Crippen molar-refractivity contribution in [3.63, 3.8) is 0 Å². The molecule has 5 heteroatoms. The predicted octanol–water partition coefficient (Wildman–Crippen LogP) is 3.97. The highest BCUT2D eigenvalue weighted by Gasteiger charge is 2.05. The number of hydrogen-bond acceptors (Lipinski definition) is 3. The van der Waals surface area contributed by atoms with Crippen molar-refractivity contribution in [3.05, 3.63) is 44.6 Å². The van der Waals surface area contributed by atoms with Gasteiger partial charge in [0.2, 0.25) is 0 Å². The number of aryl methyl sites for hydroxylation is 1. The van der Waals surface area contributed by atoms with Gasteiger partial charge in [-0.2, -0.15) is 0 Å². The van der Waals surface area contributed by atoms with Crippen LogP contribution in [-0.2, 0) is 6.54 Å². The van der Waals surface area contributed by atoms with Gasteiger partial charge >= 0.3 is 0 Å². The monoisotopic (exact) mass is 300 g/mol. The number of halogens is 2. The van der Waals surface area contributed by atoms with Crippen LogP contribution in [0.15, 0.2) is 28.3 Å². The van der Waals surface area contributed by atoms with Crippen LogP contribution < -0.4 is 5.32 Å². The van der Waals surface area contributed by atoms with Gasteiger partial charge in [0.25, 0.3) is 0 Å². The Labute approximate surface area is 106 Å². The molecule has 1 N–H and O–H groups in total. The fourth-order valence-corrected chi connectivity index (χ4v) is 2.34. The van der Waals surface area contributed by atoms with Crippen molar-refractivity contribution in [2.45, 2.75) is 13.5 Å². The molecule has 84 valence electrons. The zero-order valence-corrected chi connectivity index (χ0v) is 11.0. The Morgan fingerprint density at radius 3 is 3.00 bits per heavy atom. The lowest BCUT2D eigenvalue weighted by Crippen LogP contribution is -2.00. The molecule has 2 nitrogen and oxygen atoms in total. The van der Waals surface area contributed by atoms with Gasteiger partial charge < -0.3 is 5.32 Å². The van der Waals surface area contributed by atoms with Gasteiger partial charge in [0.15, 0.2) is 0 Å². The van der Waals surface area contributed by atoms with Crippen molar-refractivity contribution in [2.24, 2.45) is 0 Å². The number of aromatic nitrogens is 1. The number of thiazole rings is 1. The maximum absolute atomic E-state index is 13.3. The standard InChI is InChI=1S/C11H10BrFN2S/c1-7-2-9(12)10(13)3-11(7)15-5-8-4-14-6-16-8/h2-4,6,15H,5H2,1H3. The summed E-state index contributed by atoms with van der Waals surface area (Å²) in [6, 6.07) is 3.27. The predicted molar refractivity (Wildman–Crippen MR) is 68.3 cm³/mol. The second-order valence-corrected chi connectivity index (χ2v) is 5.23. The summed E-state index contributed by atoms with van der Waals surface area (Å²) in [4.78, 5) is 5.11. The molecule has 0 unspecified atom stereocenters. The summed E-state index contributed by atoms with van der Waals surface area (Å²) in [5.41, 5.74) is 3.61. The van der Waals surface area contributed by atoms with E-state index in [0.717, 1.165) is 16.1 Å². The lowest BCUT2D eigenvalue weighted by molar-refractivity contribution is 0.621. The molecule has 16 heavy (non-hydrogen) atoms. The van der Waals surface area contributed by atoms with Gasteiger partial charge in [-0.1, -0.05) is 0 Å². The van der Waals surface area contributed by atoms with E-state index in [4.69, 9.17) is 0 Å². The molecule has 1 heterocycles. The van der Waals surface area contributed by atoms with Crippen LogP contribution in [0.2, 0.25) is 0 Å². The van der Waals surface area contributed by atoms with Gasteiger partial charge in [-0.3, -0.25) is 4.98 Å².